The Balaban J connectivity index is 2.60. The van der Waals surface area contributed by atoms with E-state index < -0.39 is 24.0 Å². The first-order chi connectivity index (χ1) is 10.3. The molecule has 2 N–H and O–H groups in total. The van der Waals surface area contributed by atoms with Crippen LogP contribution in [-0.4, -0.2) is 37.0 Å². The zero-order valence-electron chi connectivity index (χ0n) is 13.2. The average molecular weight is 326 g/mol. The third-order valence-corrected chi connectivity index (χ3v) is 3.86. The molecule has 22 heavy (non-hydrogen) atoms. The Kier molecular flexibility index (Phi) is 7.04. The molecule has 6 nitrogen and oxygen atoms in total. The van der Waals surface area contributed by atoms with Gasteiger partial charge in [-0.2, -0.15) is 0 Å². The van der Waals surface area contributed by atoms with Crippen LogP contribution in [0.25, 0.3) is 0 Å². The van der Waals surface area contributed by atoms with Crippen molar-refractivity contribution in [2.45, 2.75) is 39.3 Å². The second kappa shape index (κ2) is 8.53. The smallest absolute Gasteiger partial charge is 0.328 e. The fraction of sp³-hybridized carbons (Fsp3) is 0.533. The van der Waals surface area contributed by atoms with Gasteiger partial charge in [0.1, 0.15) is 12.1 Å². The minimum absolute atomic E-state index is 0.223. The molecule has 0 aromatic carbocycles. The van der Waals surface area contributed by atoms with Gasteiger partial charge in [-0.1, -0.05) is 19.9 Å². The molecule has 0 saturated heterocycles. The number of hydrogen-bond acceptors (Lipinski definition) is 5. The van der Waals surface area contributed by atoms with E-state index in [-0.39, 0.29) is 11.8 Å². The van der Waals surface area contributed by atoms with Crippen molar-refractivity contribution in [3.05, 3.63) is 22.4 Å². The van der Waals surface area contributed by atoms with Crippen molar-refractivity contribution in [2.75, 3.05) is 7.11 Å². The third kappa shape index (κ3) is 5.48. The fourth-order valence-electron chi connectivity index (χ4n) is 1.87. The van der Waals surface area contributed by atoms with Crippen LogP contribution in [0.2, 0.25) is 0 Å². The van der Waals surface area contributed by atoms with E-state index in [1.54, 1.807) is 24.4 Å². The maximum Gasteiger partial charge on any atom is 0.328 e. The predicted octanol–water partition coefficient (Wildman–Crippen LogP) is 1.57. The number of esters is 1. The van der Waals surface area contributed by atoms with Crippen molar-refractivity contribution < 1.29 is 19.1 Å². The van der Waals surface area contributed by atoms with E-state index in [4.69, 9.17) is 4.74 Å². The van der Waals surface area contributed by atoms with E-state index in [0.717, 1.165) is 0 Å². The van der Waals surface area contributed by atoms with Gasteiger partial charge >= 0.3 is 5.97 Å². The zero-order valence-corrected chi connectivity index (χ0v) is 14.0. The predicted molar refractivity (Wildman–Crippen MR) is 84.6 cm³/mol. The summed E-state index contributed by atoms with van der Waals surface area (Å²) in [6.07, 6.45) is 0.476. The van der Waals surface area contributed by atoms with Crippen LogP contribution in [0.1, 0.15) is 36.9 Å². The van der Waals surface area contributed by atoms with Crippen molar-refractivity contribution in [2.24, 2.45) is 5.92 Å². The maximum absolute atomic E-state index is 12.1. The lowest BCUT2D eigenvalue weighted by molar-refractivity contribution is -0.145. The molecule has 1 aromatic rings. The minimum Gasteiger partial charge on any atom is -0.467 e. The lowest BCUT2D eigenvalue weighted by Gasteiger charge is -2.21. The molecule has 0 bridgehead atoms. The highest BCUT2D eigenvalue weighted by Gasteiger charge is 2.25. The van der Waals surface area contributed by atoms with Gasteiger partial charge in [0, 0.05) is 0 Å². The van der Waals surface area contributed by atoms with Gasteiger partial charge in [0.05, 0.1) is 12.0 Å². The number of amides is 2. The number of hydrogen-bond donors (Lipinski definition) is 2. The number of carbonyl (C=O) groups is 3. The Labute approximate surface area is 134 Å². The Morgan fingerprint density at radius 2 is 1.91 bits per heavy atom. The summed E-state index contributed by atoms with van der Waals surface area (Å²) >= 11 is 1.30. The van der Waals surface area contributed by atoms with Gasteiger partial charge in [0.15, 0.2) is 0 Å². The molecular formula is C15H22N2O4S. The largest absolute Gasteiger partial charge is 0.467 e. The molecule has 0 radical (unpaired) electrons. The highest BCUT2D eigenvalue weighted by molar-refractivity contribution is 7.12. The minimum atomic E-state index is -0.742. The number of methoxy groups -OCH3 is 1. The normalized spacial score (nSPS) is 13.3. The van der Waals surface area contributed by atoms with Gasteiger partial charge in [-0.25, -0.2) is 4.79 Å². The summed E-state index contributed by atoms with van der Waals surface area (Å²) in [5, 5.41) is 7.02. The number of carbonyl (C=O) groups excluding carboxylic acids is 3. The van der Waals surface area contributed by atoms with Gasteiger partial charge < -0.3 is 15.4 Å². The van der Waals surface area contributed by atoms with Crippen molar-refractivity contribution in [3.8, 4) is 0 Å². The molecule has 122 valence electrons. The van der Waals surface area contributed by atoms with E-state index >= 15 is 0 Å². The van der Waals surface area contributed by atoms with Gasteiger partial charge in [-0.05, 0) is 30.7 Å². The summed E-state index contributed by atoms with van der Waals surface area (Å²) in [6, 6.07) is 1.99. The monoisotopic (exact) mass is 326 g/mol. The van der Waals surface area contributed by atoms with Gasteiger partial charge in [-0.3, -0.25) is 9.59 Å². The van der Waals surface area contributed by atoms with Crippen molar-refractivity contribution in [1.29, 1.82) is 0 Å². The fourth-order valence-corrected chi connectivity index (χ4v) is 2.49. The molecule has 2 atom stereocenters. The Bertz CT molecular complexity index is 514. The topological polar surface area (TPSA) is 84.5 Å². The first-order valence-electron chi connectivity index (χ1n) is 7.07. The molecule has 1 heterocycles. The number of thiophene rings is 1. The van der Waals surface area contributed by atoms with Gasteiger partial charge in [0.2, 0.25) is 5.91 Å². The molecule has 1 rings (SSSR count). The summed E-state index contributed by atoms with van der Waals surface area (Å²) in [6.45, 7) is 5.47. The molecule has 0 aliphatic heterocycles. The van der Waals surface area contributed by atoms with Crippen LogP contribution in [0.3, 0.4) is 0 Å². The summed E-state index contributed by atoms with van der Waals surface area (Å²) in [7, 11) is 1.28. The van der Waals surface area contributed by atoms with Crippen molar-refractivity contribution in [1.82, 2.24) is 10.6 Å². The number of rotatable bonds is 7. The second-order valence-corrected chi connectivity index (χ2v) is 6.33. The van der Waals surface area contributed by atoms with Gasteiger partial charge in [-0.15, -0.1) is 11.3 Å². The quantitative estimate of drug-likeness (QED) is 0.745. The molecule has 0 aliphatic rings. The number of nitrogens with one attached hydrogen (secondary N) is 2. The molecule has 0 aliphatic carbocycles. The maximum atomic E-state index is 12.1. The molecule has 0 spiro atoms. The number of ether oxygens (including phenoxy) is 1. The van der Waals surface area contributed by atoms with E-state index in [0.29, 0.717) is 11.3 Å². The third-order valence-electron chi connectivity index (χ3n) is 3.00. The standard InChI is InChI=1S/C15H22N2O4S/c1-9(2)8-11(15(20)21-4)17-13(18)10(3)16-14(19)12-6-5-7-22-12/h5-7,9-11H,8H2,1-4H3,(H,16,19)(H,17,18). The summed E-state index contributed by atoms with van der Waals surface area (Å²) in [5.41, 5.74) is 0. The molecule has 2 unspecified atom stereocenters. The second-order valence-electron chi connectivity index (χ2n) is 5.39. The van der Waals surface area contributed by atoms with Crippen LogP contribution in [0, 0.1) is 5.92 Å². The average Bonchev–Trinajstić information content (AvgIpc) is 2.99. The van der Waals surface area contributed by atoms with E-state index in [9.17, 15) is 14.4 Å². The molecular weight excluding hydrogens is 304 g/mol. The first-order valence-corrected chi connectivity index (χ1v) is 7.95. The van der Waals surface area contributed by atoms with Crippen LogP contribution < -0.4 is 10.6 Å². The molecule has 2 amide bonds. The molecule has 7 heteroatoms. The SMILES string of the molecule is COC(=O)C(CC(C)C)NC(=O)C(C)NC(=O)c1cccs1. The summed E-state index contributed by atoms with van der Waals surface area (Å²) < 4.78 is 4.69. The highest BCUT2D eigenvalue weighted by Crippen LogP contribution is 2.09. The van der Waals surface area contributed by atoms with Crippen LogP contribution in [0.5, 0.6) is 0 Å². The summed E-state index contributed by atoms with van der Waals surface area (Å²) in [4.78, 5) is 36.3. The highest BCUT2D eigenvalue weighted by atomic mass is 32.1. The Morgan fingerprint density at radius 1 is 1.23 bits per heavy atom. The van der Waals surface area contributed by atoms with E-state index in [1.807, 2.05) is 13.8 Å². The lowest BCUT2D eigenvalue weighted by atomic mass is 10.0. The first kappa shape index (κ1) is 18.2. The van der Waals surface area contributed by atoms with Gasteiger partial charge in [0.25, 0.3) is 5.91 Å². The zero-order chi connectivity index (χ0) is 16.7. The Morgan fingerprint density at radius 3 is 2.41 bits per heavy atom. The van der Waals surface area contributed by atoms with E-state index in [2.05, 4.69) is 10.6 Å². The molecule has 0 fully saturated rings. The molecule has 0 saturated carbocycles. The molecule has 1 aromatic heterocycles. The summed E-state index contributed by atoms with van der Waals surface area (Å²) in [5.74, 6) is -0.990. The van der Waals surface area contributed by atoms with Crippen LogP contribution >= 0.6 is 11.3 Å². The van der Waals surface area contributed by atoms with Crippen LogP contribution in [0.15, 0.2) is 17.5 Å². The van der Waals surface area contributed by atoms with E-state index in [1.165, 1.54) is 18.4 Å². The van der Waals surface area contributed by atoms with Crippen molar-refractivity contribution >= 4 is 29.1 Å². The van der Waals surface area contributed by atoms with Crippen LogP contribution in [0.4, 0.5) is 0 Å². The van der Waals surface area contributed by atoms with Crippen LogP contribution in [-0.2, 0) is 14.3 Å². The lowest BCUT2D eigenvalue weighted by Crippen LogP contribution is -2.50. The van der Waals surface area contributed by atoms with Crippen molar-refractivity contribution in [3.63, 3.8) is 0 Å². The Hall–Kier alpha value is -1.89.